The molecule has 6 nitrogen and oxygen atoms in total. The average Bonchev–Trinajstić information content (AvgIpc) is 3.32. The molecule has 1 amide bonds. The Hall–Kier alpha value is -3.07. The van der Waals surface area contributed by atoms with Crippen LogP contribution in [0.2, 0.25) is 0 Å². The van der Waals surface area contributed by atoms with Crippen LogP contribution in [0.25, 0.3) is 21.0 Å². The van der Waals surface area contributed by atoms with Gasteiger partial charge in [0.05, 0.1) is 30.1 Å². The lowest BCUT2D eigenvalue weighted by Crippen LogP contribution is -2.39. The number of anilines is 1. The van der Waals surface area contributed by atoms with Gasteiger partial charge in [-0.2, -0.15) is 0 Å². The molecule has 3 aromatic carbocycles. The number of fused-ring (bicyclic) bond motifs is 2. The number of morpholine rings is 1. The minimum atomic E-state index is -0.383. The Morgan fingerprint density at radius 3 is 2.77 bits per heavy atom. The van der Waals surface area contributed by atoms with Crippen LogP contribution >= 0.6 is 11.3 Å². The molecule has 0 bridgehead atoms. The maximum absolute atomic E-state index is 14.5. The summed E-state index contributed by atoms with van der Waals surface area (Å²) in [7, 11) is 0. The summed E-state index contributed by atoms with van der Waals surface area (Å²) in [6.07, 6.45) is 0.763. The zero-order valence-corrected chi connectivity index (χ0v) is 20.5. The second-order valence-corrected chi connectivity index (χ2v) is 9.45. The number of para-hydroxylation sites is 1. The van der Waals surface area contributed by atoms with E-state index in [9.17, 15) is 9.18 Å². The van der Waals surface area contributed by atoms with Gasteiger partial charge in [0.25, 0.3) is 5.91 Å². The topological polar surface area (TPSA) is 54.9 Å². The van der Waals surface area contributed by atoms with Gasteiger partial charge in [-0.1, -0.05) is 47.7 Å². The number of benzene rings is 3. The summed E-state index contributed by atoms with van der Waals surface area (Å²) in [4.78, 5) is 22.8. The summed E-state index contributed by atoms with van der Waals surface area (Å²) >= 11 is 1.33. The number of thiazole rings is 1. The monoisotopic (exact) mass is 493 g/mol. The Bertz CT molecular complexity index is 1340. The highest BCUT2D eigenvalue weighted by molar-refractivity contribution is 7.22. The SMILES string of the molecule is CCOc1ccc2ccccc2c1C(=O)N(CCCN1CCOCC1)c1nc2c(F)cccc2s1. The molecule has 0 unspecified atom stereocenters. The number of nitrogens with zero attached hydrogens (tertiary/aromatic N) is 3. The molecule has 5 rings (SSSR count). The van der Waals surface area contributed by atoms with E-state index < -0.39 is 0 Å². The van der Waals surface area contributed by atoms with Crippen LogP contribution in [-0.2, 0) is 4.74 Å². The molecule has 1 aliphatic heterocycles. The molecule has 0 radical (unpaired) electrons. The van der Waals surface area contributed by atoms with Crippen LogP contribution < -0.4 is 9.64 Å². The molecule has 0 N–H and O–H groups in total. The van der Waals surface area contributed by atoms with E-state index in [1.54, 1.807) is 11.0 Å². The Morgan fingerprint density at radius 1 is 1.14 bits per heavy atom. The first-order chi connectivity index (χ1) is 17.2. The fourth-order valence-corrected chi connectivity index (χ4v) is 5.47. The van der Waals surface area contributed by atoms with Crippen molar-refractivity contribution >= 4 is 43.4 Å². The van der Waals surface area contributed by atoms with Crippen molar-refractivity contribution in [2.45, 2.75) is 13.3 Å². The normalized spacial score (nSPS) is 14.5. The lowest BCUT2D eigenvalue weighted by Gasteiger charge is -2.28. The van der Waals surface area contributed by atoms with Gasteiger partial charge in [0.1, 0.15) is 17.1 Å². The third kappa shape index (κ3) is 5.00. The Balaban J connectivity index is 1.53. The molecule has 1 aromatic heterocycles. The van der Waals surface area contributed by atoms with Crippen LogP contribution in [0, 0.1) is 5.82 Å². The second-order valence-electron chi connectivity index (χ2n) is 8.44. The molecule has 182 valence electrons. The average molecular weight is 494 g/mol. The fraction of sp³-hybridized carbons (Fsp3) is 0.333. The maximum Gasteiger partial charge on any atom is 0.264 e. The predicted octanol–water partition coefficient (Wildman–Crippen LogP) is 5.36. The fourth-order valence-electron chi connectivity index (χ4n) is 4.46. The summed E-state index contributed by atoms with van der Waals surface area (Å²) in [5, 5.41) is 2.28. The maximum atomic E-state index is 14.5. The molecule has 0 atom stereocenters. The number of amides is 1. The standard InChI is InChI=1S/C27H28FN3O3S/c1-2-34-22-12-11-19-7-3-4-8-20(19)24(22)26(32)31(14-6-13-30-15-17-33-18-16-30)27-29-25-21(28)9-5-10-23(25)35-27/h3-5,7-12H,2,6,13-18H2,1H3. The summed E-state index contributed by atoms with van der Waals surface area (Å²) < 4.78 is 26.5. The van der Waals surface area contributed by atoms with Crippen LogP contribution in [0.3, 0.4) is 0 Å². The van der Waals surface area contributed by atoms with Crippen molar-refractivity contribution in [1.29, 1.82) is 0 Å². The number of hydrogen-bond acceptors (Lipinski definition) is 6. The van der Waals surface area contributed by atoms with E-state index in [1.165, 1.54) is 17.4 Å². The number of rotatable bonds is 8. The molecule has 2 heterocycles. The molecule has 1 fully saturated rings. The molecular formula is C27H28FN3O3S. The van der Waals surface area contributed by atoms with Crippen LogP contribution in [0.15, 0.2) is 54.6 Å². The highest BCUT2D eigenvalue weighted by Crippen LogP contribution is 2.35. The second kappa shape index (κ2) is 10.7. The van der Waals surface area contributed by atoms with E-state index in [1.807, 2.05) is 49.4 Å². The summed E-state index contributed by atoms with van der Waals surface area (Å²) in [6, 6.07) is 16.5. The van der Waals surface area contributed by atoms with Crippen molar-refractivity contribution in [3.05, 3.63) is 66.0 Å². The molecule has 0 aliphatic carbocycles. The van der Waals surface area contributed by atoms with Gasteiger partial charge in [-0.25, -0.2) is 9.37 Å². The molecule has 1 saturated heterocycles. The van der Waals surface area contributed by atoms with Gasteiger partial charge in [0.2, 0.25) is 0 Å². The predicted molar refractivity (Wildman–Crippen MR) is 138 cm³/mol. The van der Waals surface area contributed by atoms with Gasteiger partial charge in [0.15, 0.2) is 5.13 Å². The third-order valence-corrected chi connectivity index (χ3v) is 7.24. The number of carbonyl (C=O) groups excluding carboxylic acids is 1. The number of aromatic nitrogens is 1. The number of hydrogen-bond donors (Lipinski definition) is 0. The number of ether oxygens (including phenoxy) is 2. The van der Waals surface area contributed by atoms with Gasteiger partial charge in [-0.3, -0.25) is 14.6 Å². The van der Waals surface area contributed by atoms with E-state index >= 15 is 0 Å². The molecular weight excluding hydrogens is 465 g/mol. The quantitative estimate of drug-likeness (QED) is 0.331. The molecule has 0 saturated carbocycles. The van der Waals surface area contributed by atoms with Crippen LogP contribution in [0.4, 0.5) is 9.52 Å². The largest absolute Gasteiger partial charge is 0.493 e. The van der Waals surface area contributed by atoms with Crippen molar-refractivity contribution < 1.29 is 18.7 Å². The minimum Gasteiger partial charge on any atom is -0.493 e. The van der Waals surface area contributed by atoms with Crippen molar-refractivity contribution in [2.24, 2.45) is 0 Å². The van der Waals surface area contributed by atoms with Gasteiger partial charge in [0, 0.05) is 26.2 Å². The first-order valence-electron chi connectivity index (χ1n) is 12.0. The lowest BCUT2D eigenvalue weighted by molar-refractivity contribution is 0.0376. The first kappa shape index (κ1) is 23.7. The highest BCUT2D eigenvalue weighted by Gasteiger charge is 2.27. The molecule has 4 aromatic rings. The van der Waals surface area contributed by atoms with Crippen molar-refractivity contribution in [1.82, 2.24) is 9.88 Å². The van der Waals surface area contributed by atoms with Crippen LogP contribution in [-0.4, -0.2) is 61.8 Å². The summed E-state index contributed by atoms with van der Waals surface area (Å²) in [5.74, 6) is -0.0285. The number of carbonyl (C=O) groups is 1. The van der Waals surface area contributed by atoms with Gasteiger partial charge >= 0.3 is 0 Å². The van der Waals surface area contributed by atoms with Crippen molar-refractivity contribution in [3.63, 3.8) is 0 Å². The third-order valence-electron chi connectivity index (χ3n) is 6.20. The Kier molecular flexibility index (Phi) is 7.22. The Labute approximate surface area is 207 Å². The van der Waals surface area contributed by atoms with E-state index in [4.69, 9.17) is 9.47 Å². The van der Waals surface area contributed by atoms with Gasteiger partial charge < -0.3 is 9.47 Å². The van der Waals surface area contributed by atoms with E-state index in [2.05, 4.69) is 9.88 Å². The molecule has 8 heteroatoms. The van der Waals surface area contributed by atoms with E-state index in [-0.39, 0.29) is 11.7 Å². The Morgan fingerprint density at radius 2 is 1.97 bits per heavy atom. The first-order valence-corrected chi connectivity index (χ1v) is 12.8. The van der Waals surface area contributed by atoms with E-state index in [0.717, 1.165) is 50.0 Å². The minimum absolute atomic E-state index is 0.188. The van der Waals surface area contributed by atoms with Crippen LogP contribution in [0.5, 0.6) is 5.75 Å². The highest BCUT2D eigenvalue weighted by atomic mass is 32.1. The van der Waals surface area contributed by atoms with Crippen LogP contribution in [0.1, 0.15) is 23.7 Å². The number of halogens is 1. The zero-order valence-electron chi connectivity index (χ0n) is 19.7. The van der Waals surface area contributed by atoms with Crippen molar-refractivity contribution in [2.75, 3.05) is 50.9 Å². The molecule has 0 spiro atoms. The smallest absolute Gasteiger partial charge is 0.264 e. The molecule has 35 heavy (non-hydrogen) atoms. The lowest BCUT2D eigenvalue weighted by atomic mass is 10.0. The van der Waals surface area contributed by atoms with E-state index in [0.29, 0.717) is 39.8 Å². The van der Waals surface area contributed by atoms with Gasteiger partial charge in [-0.05, 0) is 42.3 Å². The van der Waals surface area contributed by atoms with Crippen molar-refractivity contribution in [3.8, 4) is 5.75 Å². The summed E-state index contributed by atoms with van der Waals surface area (Å²) in [5.41, 5.74) is 0.803. The van der Waals surface area contributed by atoms with Gasteiger partial charge in [-0.15, -0.1) is 0 Å². The molecule has 1 aliphatic rings. The zero-order chi connectivity index (χ0) is 24.2. The summed E-state index contributed by atoms with van der Waals surface area (Å²) in [6.45, 7) is 6.89.